The average molecular weight is 234 g/mol. The molecule has 1 rings (SSSR count). The van der Waals surface area contributed by atoms with Crippen molar-refractivity contribution in [1.82, 2.24) is 5.43 Å². The molecule has 0 spiro atoms. The van der Waals surface area contributed by atoms with Gasteiger partial charge >= 0.3 is 0 Å². The van der Waals surface area contributed by atoms with Gasteiger partial charge in [0.05, 0.1) is 0 Å². The molecule has 3 heteroatoms. The Bertz CT molecular complexity index is 340. The van der Waals surface area contributed by atoms with Crippen LogP contribution in [0.4, 0.5) is 0 Å². The van der Waals surface area contributed by atoms with E-state index in [0.29, 0.717) is 0 Å². The molecule has 0 aliphatic heterocycles. The lowest BCUT2D eigenvalue weighted by molar-refractivity contribution is 0.523. The van der Waals surface area contributed by atoms with Gasteiger partial charge in [-0.05, 0) is 29.9 Å². The molecule has 0 aromatic heterocycles. The molecule has 0 bridgehead atoms. The van der Waals surface area contributed by atoms with Gasteiger partial charge in [0.2, 0.25) is 0 Å². The quantitative estimate of drug-likeness (QED) is 0.344. The molecule has 86 valence electrons. The zero-order chi connectivity index (χ0) is 11.8. The lowest BCUT2D eigenvalue weighted by Gasteiger charge is -2.15. The molecule has 1 aromatic rings. The zero-order valence-electron chi connectivity index (χ0n) is 9.57. The number of terminal acetylenes is 1. The molecule has 0 amide bonds. The normalized spacial score (nSPS) is 12.1. The molecule has 3 N–H and O–H groups in total. The zero-order valence-corrected chi connectivity index (χ0v) is 10.4. The van der Waals surface area contributed by atoms with Crippen molar-refractivity contribution >= 4 is 11.8 Å². The van der Waals surface area contributed by atoms with E-state index in [-0.39, 0.29) is 6.04 Å². The summed E-state index contributed by atoms with van der Waals surface area (Å²) >= 11 is 1.84. The molecule has 1 unspecified atom stereocenters. The predicted molar refractivity (Wildman–Crippen MR) is 71.0 cm³/mol. The highest BCUT2D eigenvalue weighted by Gasteiger charge is 2.08. The SMILES string of the molecule is C#CCCC(NN)c1ccc(SCC)cc1. The predicted octanol–water partition coefficient (Wildman–Crippen LogP) is 2.72. The molecular weight excluding hydrogens is 216 g/mol. The van der Waals surface area contributed by atoms with Crippen LogP contribution in [-0.2, 0) is 0 Å². The summed E-state index contributed by atoms with van der Waals surface area (Å²) in [6.07, 6.45) is 6.86. The van der Waals surface area contributed by atoms with E-state index in [0.717, 1.165) is 18.6 Å². The minimum Gasteiger partial charge on any atom is -0.271 e. The molecule has 0 aliphatic rings. The standard InChI is InChI=1S/C13H18N2S/c1-3-5-6-13(15-14)11-7-9-12(10-8-11)16-4-2/h1,7-10,13,15H,4-6,14H2,2H3. The Morgan fingerprint density at radius 3 is 2.62 bits per heavy atom. The Hall–Kier alpha value is -0.950. The van der Waals surface area contributed by atoms with Crippen LogP contribution in [-0.4, -0.2) is 5.75 Å². The molecule has 1 aromatic carbocycles. The third kappa shape index (κ3) is 3.90. The molecule has 0 heterocycles. The fourth-order valence-electron chi connectivity index (χ4n) is 1.54. The highest BCUT2D eigenvalue weighted by Crippen LogP contribution is 2.22. The van der Waals surface area contributed by atoms with E-state index in [1.165, 1.54) is 10.5 Å². The van der Waals surface area contributed by atoms with Gasteiger partial charge in [0.15, 0.2) is 0 Å². The number of hydrazine groups is 1. The lowest BCUT2D eigenvalue weighted by Crippen LogP contribution is -2.27. The van der Waals surface area contributed by atoms with E-state index in [9.17, 15) is 0 Å². The van der Waals surface area contributed by atoms with Crippen molar-refractivity contribution in [1.29, 1.82) is 0 Å². The van der Waals surface area contributed by atoms with Gasteiger partial charge in [-0.2, -0.15) is 0 Å². The summed E-state index contributed by atoms with van der Waals surface area (Å²) in [4.78, 5) is 1.29. The number of nitrogens with two attached hydrogens (primary N) is 1. The van der Waals surface area contributed by atoms with Crippen molar-refractivity contribution in [2.75, 3.05) is 5.75 Å². The van der Waals surface area contributed by atoms with Crippen LogP contribution >= 0.6 is 11.8 Å². The molecule has 1 atom stereocenters. The Morgan fingerprint density at radius 2 is 2.12 bits per heavy atom. The van der Waals surface area contributed by atoms with Crippen LogP contribution < -0.4 is 11.3 Å². The van der Waals surface area contributed by atoms with E-state index in [2.05, 4.69) is 42.5 Å². The number of hydrogen-bond acceptors (Lipinski definition) is 3. The monoisotopic (exact) mass is 234 g/mol. The molecular formula is C13H18N2S. The smallest absolute Gasteiger partial charge is 0.0469 e. The van der Waals surface area contributed by atoms with Crippen molar-refractivity contribution in [3.8, 4) is 12.3 Å². The Balaban J connectivity index is 2.67. The molecule has 16 heavy (non-hydrogen) atoms. The Kier molecular flexibility index (Phi) is 6.02. The van der Waals surface area contributed by atoms with Crippen molar-refractivity contribution in [3.63, 3.8) is 0 Å². The summed E-state index contributed by atoms with van der Waals surface area (Å²) < 4.78 is 0. The number of benzene rings is 1. The first-order chi connectivity index (χ1) is 7.81. The van der Waals surface area contributed by atoms with Crippen LogP contribution in [0, 0.1) is 12.3 Å². The summed E-state index contributed by atoms with van der Waals surface area (Å²) in [6, 6.07) is 8.63. The number of nitrogens with one attached hydrogen (secondary N) is 1. The first kappa shape index (κ1) is 13.1. The third-order valence-electron chi connectivity index (χ3n) is 2.37. The largest absolute Gasteiger partial charge is 0.271 e. The maximum atomic E-state index is 5.52. The highest BCUT2D eigenvalue weighted by molar-refractivity contribution is 7.99. The summed E-state index contributed by atoms with van der Waals surface area (Å²) in [5.74, 6) is 9.25. The Labute approximate surface area is 102 Å². The van der Waals surface area contributed by atoms with Crippen molar-refractivity contribution in [3.05, 3.63) is 29.8 Å². The van der Waals surface area contributed by atoms with Gasteiger partial charge in [-0.15, -0.1) is 24.1 Å². The van der Waals surface area contributed by atoms with Gasteiger partial charge < -0.3 is 0 Å². The number of hydrogen-bond donors (Lipinski definition) is 2. The average Bonchev–Trinajstić information content (AvgIpc) is 2.32. The first-order valence-electron chi connectivity index (χ1n) is 5.44. The van der Waals surface area contributed by atoms with Gasteiger partial charge in [0.1, 0.15) is 0 Å². The van der Waals surface area contributed by atoms with Crippen molar-refractivity contribution in [2.45, 2.75) is 30.7 Å². The van der Waals surface area contributed by atoms with Crippen LogP contribution in [0.5, 0.6) is 0 Å². The lowest BCUT2D eigenvalue weighted by atomic mass is 10.0. The van der Waals surface area contributed by atoms with Crippen molar-refractivity contribution in [2.24, 2.45) is 5.84 Å². The van der Waals surface area contributed by atoms with Gasteiger partial charge in [-0.25, -0.2) is 0 Å². The summed E-state index contributed by atoms with van der Waals surface area (Å²) in [6.45, 7) is 2.15. The van der Waals surface area contributed by atoms with E-state index in [1.807, 2.05) is 11.8 Å². The topological polar surface area (TPSA) is 38.0 Å². The van der Waals surface area contributed by atoms with E-state index in [4.69, 9.17) is 12.3 Å². The molecule has 0 aliphatic carbocycles. The van der Waals surface area contributed by atoms with Crippen LogP contribution in [0.25, 0.3) is 0 Å². The fourth-order valence-corrected chi connectivity index (χ4v) is 2.20. The highest BCUT2D eigenvalue weighted by atomic mass is 32.2. The van der Waals surface area contributed by atoms with Gasteiger partial charge in [0, 0.05) is 17.4 Å². The van der Waals surface area contributed by atoms with Gasteiger partial charge in [-0.3, -0.25) is 11.3 Å². The molecule has 0 saturated carbocycles. The Morgan fingerprint density at radius 1 is 1.44 bits per heavy atom. The number of thioether (sulfide) groups is 1. The summed E-state index contributed by atoms with van der Waals surface area (Å²) in [5.41, 5.74) is 4.00. The van der Waals surface area contributed by atoms with E-state index < -0.39 is 0 Å². The van der Waals surface area contributed by atoms with Crippen LogP contribution in [0.1, 0.15) is 31.4 Å². The van der Waals surface area contributed by atoms with Gasteiger partial charge in [0.25, 0.3) is 0 Å². The van der Waals surface area contributed by atoms with E-state index in [1.54, 1.807) is 0 Å². The van der Waals surface area contributed by atoms with Crippen LogP contribution in [0.3, 0.4) is 0 Å². The number of rotatable bonds is 6. The minimum atomic E-state index is 0.150. The third-order valence-corrected chi connectivity index (χ3v) is 3.27. The summed E-state index contributed by atoms with van der Waals surface area (Å²) in [7, 11) is 0. The van der Waals surface area contributed by atoms with Crippen LogP contribution in [0.2, 0.25) is 0 Å². The minimum absolute atomic E-state index is 0.150. The second-order valence-electron chi connectivity index (χ2n) is 3.46. The molecule has 0 saturated heterocycles. The second kappa shape index (κ2) is 7.34. The molecule has 0 radical (unpaired) electrons. The maximum Gasteiger partial charge on any atom is 0.0469 e. The molecule has 2 nitrogen and oxygen atoms in total. The second-order valence-corrected chi connectivity index (χ2v) is 4.80. The van der Waals surface area contributed by atoms with E-state index >= 15 is 0 Å². The van der Waals surface area contributed by atoms with Crippen molar-refractivity contribution < 1.29 is 0 Å². The summed E-state index contributed by atoms with van der Waals surface area (Å²) in [5, 5.41) is 0. The fraction of sp³-hybridized carbons (Fsp3) is 0.385. The van der Waals surface area contributed by atoms with Gasteiger partial charge in [-0.1, -0.05) is 19.1 Å². The van der Waals surface area contributed by atoms with Crippen LogP contribution in [0.15, 0.2) is 29.2 Å². The molecule has 0 fully saturated rings. The maximum absolute atomic E-state index is 5.52. The first-order valence-corrected chi connectivity index (χ1v) is 6.42.